The highest BCUT2D eigenvalue weighted by Gasteiger charge is 2.06. The molecule has 0 radical (unpaired) electrons. The van der Waals surface area contributed by atoms with Gasteiger partial charge in [0.1, 0.15) is 6.61 Å². The molecule has 0 N–H and O–H groups in total. The fourth-order valence-corrected chi connectivity index (χ4v) is 1.95. The Kier molecular flexibility index (Phi) is 3.76. The summed E-state index contributed by atoms with van der Waals surface area (Å²) < 4.78 is 4.85. The number of benzene rings is 1. The average Bonchev–Trinajstić information content (AvgIpc) is 2.34. The van der Waals surface area contributed by atoms with E-state index < -0.39 is 0 Å². The van der Waals surface area contributed by atoms with Crippen LogP contribution in [0.5, 0.6) is 0 Å². The maximum absolute atomic E-state index is 10.6. The molecule has 2 rings (SSSR count). The van der Waals surface area contributed by atoms with E-state index in [9.17, 15) is 4.79 Å². The summed E-state index contributed by atoms with van der Waals surface area (Å²) in [6, 6.07) is 8.44. The first-order valence-electron chi connectivity index (χ1n) is 5.84. The lowest BCUT2D eigenvalue weighted by Gasteiger charge is -2.13. The smallest absolute Gasteiger partial charge is 0.302 e. The van der Waals surface area contributed by atoms with E-state index in [4.69, 9.17) is 4.74 Å². The number of aryl methyl sites for hydroxylation is 1. The normalized spacial score (nSPS) is 14.3. The van der Waals surface area contributed by atoms with Gasteiger partial charge in [-0.1, -0.05) is 36.4 Å². The topological polar surface area (TPSA) is 26.3 Å². The van der Waals surface area contributed by atoms with Crippen LogP contribution in [0.1, 0.15) is 24.5 Å². The van der Waals surface area contributed by atoms with Gasteiger partial charge in [0.25, 0.3) is 0 Å². The molecule has 1 aromatic carbocycles. The number of esters is 1. The van der Waals surface area contributed by atoms with Crippen LogP contribution in [0, 0.1) is 0 Å². The summed E-state index contributed by atoms with van der Waals surface area (Å²) in [5.74, 6) is -0.238. The Morgan fingerprint density at radius 2 is 2.18 bits per heavy atom. The molecule has 0 aromatic heterocycles. The maximum atomic E-state index is 10.6. The van der Waals surface area contributed by atoms with E-state index in [1.165, 1.54) is 23.6 Å². The van der Waals surface area contributed by atoms with Crippen molar-refractivity contribution in [3.05, 3.63) is 53.1 Å². The lowest BCUT2D eigenvalue weighted by molar-refractivity contribution is -0.139. The van der Waals surface area contributed by atoms with Gasteiger partial charge < -0.3 is 4.74 Å². The fraction of sp³-hybridized carbons (Fsp3) is 0.267. The molecule has 17 heavy (non-hydrogen) atoms. The van der Waals surface area contributed by atoms with Crippen LogP contribution in [-0.4, -0.2) is 12.6 Å². The summed E-state index contributed by atoms with van der Waals surface area (Å²) in [5, 5.41) is 0. The first-order chi connectivity index (χ1) is 8.25. The molecule has 0 spiro atoms. The molecule has 0 heterocycles. The molecule has 0 bridgehead atoms. The number of hydrogen-bond donors (Lipinski definition) is 0. The minimum Gasteiger partial charge on any atom is -0.462 e. The Labute approximate surface area is 102 Å². The molecule has 88 valence electrons. The number of allylic oxidation sites excluding steroid dienone is 2. The molecule has 1 aliphatic rings. The van der Waals surface area contributed by atoms with Gasteiger partial charge in [-0.15, -0.1) is 0 Å². The second kappa shape index (κ2) is 5.48. The number of ether oxygens (including phenoxy) is 1. The third-order valence-electron chi connectivity index (χ3n) is 2.79. The molecule has 0 fully saturated rings. The second-order valence-corrected chi connectivity index (χ2v) is 4.12. The third kappa shape index (κ3) is 3.31. The molecule has 0 aliphatic heterocycles. The van der Waals surface area contributed by atoms with Crippen LogP contribution < -0.4 is 0 Å². The number of hydrogen-bond acceptors (Lipinski definition) is 2. The minimum atomic E-state index is -0.238. The van der Waals surface area contributed by atoms with Crippen molar-refractivity contribution >= 4 is 12.0 Å². The van der Waals surface area contributed by atoms with E-state index in [0.29, 0.717) is 6.61 Å². The second-order valence-electron chi connectivity index (χ2n) is 4.12. The Morgan fingerprint density at radius 3 is 3.00 bits per heavy atom. The van der Waals surface area contributed by atoms with Crippen molar-refractivity contribution in [1.82, 2.24) is 0 Å². The molecule has 1 aliphatic carbocycles. The van der Waals surface area contributed by atoms with Crippen molar-refractivity contribution in [2.45, 2.75) is 19.8 Å². The summed E-state index contributed by atoms with van der Waals surface area (Å²) in [7, 11) is 0. The van der Waals surface area contributed by atoms with Crippen LogP contribution >= 0.6 is 0 Å². The average molecular weight is 228 g/mol. The van der Waals surface area contributed by atoms with Crippen molar-refractivity contribution in [2.75, 3.05) is 6.61 Å². The summed E-state index contributed by atoms with van der Waals surface area (Å²) in [4.78, 5) is 10.6. The molecule has 1 aromatic rings. The predicted molar refractivity (Wildman–Crippen MR) is 68.5 cm³/mol. The van der Waals surface area contributed by atoms with Gasteiger partial charge in [-0.25, -0.2) is 0 Å². The van der Waals surface area contributed by atoms with Crippen molar-refractivity contribution in [3.63, 3.8) is 0 Å². The lowest BCUT2D eigenvalue weighted by Crippen LogP contribution is -1.99. The standard InChI is InChI=1S/C15H16O2/c1-12(16)17-10-4-5-13-8-9-14-6-2-3-7-15(14)11-13/h2-7,11H,8-10H2,1H3/b5-4+. The van der Waals surface area contributed by atoms with Gasteiger partial charge in [0, 0.05) is 6.92 Å². The van der Waals surface area contributed by atoms with Crippen LogP contribution in [0.15, 0.2) is 42.0 Å². The quantitative estimate of drug-likeness (QED) is 0.743. The van der Waals surface area contributed by atoms with Gasteiger partial charge in [0.15, 0.2) is 0 Å². The van der Waals surface area contributed by atoms with Crippen LogP contribution in [0.25, 0.3) is 6.08 Å². The third-order valence-corrected chi connectivity index (χ3v) is 2.79. The summed E-state index contributed by atoms with van der Waals surface area (Å²) in [6.45, 7) is 1.78. The van der Waals surface area contributed by atoms with Gasteiger partial charge in [0.2, 0.25) is 0 Å². The van der Waals surface area contributed by atoms with E-state index >= 15 is 0 Å². The van der Waals surface area contributed by atoms with E-state index in [2.05, 4.69) is 30.3 Å². The highest BCUT2D eigenvalue weighted by Crippen LogP contribution is 2.24. The van der Waals surface area contributed by atoms with Crippen molar-refractivity contribution < 1.29 is 9.53 Å². The molecule has 0 amide bonds. The van der Waals surface area contributed by atoms with E-state index in [0.717, 1.165) is 12.8 Å². The van der Waals surface area contributed by atoms with Gasteiger partial charge in [-0.3, -0.25) is 4.79 Å². The van der Waals surface area contributed by atoms with E-state index in [1.807, 2.05) is 12.2 Å². The molecule has 0 atom stereocenters. The van der Waals surface area contributed by atoms with Gasteiger partial charge in [0.05, 0.1) is 0 Å². The van der Waals surface area contributed by atoms with Gasteiger partial charge >= 0.3 is 5.97 Å². The lowest BCUT2D eigenvalue weighted by atomic mass is 9.92. The van der Waals surface area contributed by atoms with Crippen molar-refractivity contribution in [1.29, 1.82) is 0 Å². The largest absolute Gasteiger partial charge is 0.462 e. The van der Waals surface area contributed by atoms with Gasteiger partial charge in [-0.2, -0.15) is 0 Å². The number of rotatable bonds is 3. The SMILES string of the molecule is CC(=O)OC/C=C/C1=Cc2ccccc2CC1. The van der Waals surface area contributed by atoms with Gasteiger partial charge in [-0.05, 0) is 35.6 Å². The highest BCUT2D eigenvalue weighted by atomic mass is 16.5. The molecule has 2 heteroatoms. The Bertz CT molecular complexity index is 470. The zero-order chi connectivity index (χ0) is 12.1. The monoisotopic (exact) mass is 228 g/mol. The zero-order valence-electron chi connectivity index (χ0n) is 9.98. The number of fused-ring (bicyclic) bond motifs is 1. The predicted octanol–water partition coefficient (Wildman–Crippen LogP) is 3.14. The number of carbonyl (C=O) groups excluding carboxylic acids is 1. The molecule has 0 saturated heterocycles. The van der Waals surface area contributed by atoms with Crippen LogP contribution in [0.3, 0.4) is 0 Å². The summed E-state index contributed by atoms with van der Waals surface area (Å²) in [5.41, 5.74) is 3.99. The van der Waals surface area contributed by atoms with E-state index in [-0.39, 0.29) is 5.97 Å². The van der Waals surface area contributed by atoms with Crippen LogP contribution in [-0.2, 0) is 16.0 Å². The fourth-order valence-electron chi connectivity index (χ4n) is 1.95. The Morgan fingerprint density at radius 1 is 1.35 bits per heavy atom. The zero-order valence-corrected chi connectivity index (χ0v) is 9.98. The Balaban J connectivity index is 2.00. The first kappa shape index (κ1) is 11.6. The van der Waals surface area contributed by atoms with Crippen molar-refractivity contribution in [2.24, 2.45) is 0 Å². The first-order valence-corrected chi connectivity index (χ1v) is 5.84. The maximum Gasteiger partial charge on any atom is 0.302 e. The van der Waals surface area contributed by atoms with Crippen LogP contribution in [0.4, 0.5) is 0 Å². The summed E-state index contributed by atoms with van der Waals surface area (Å²) in [6.07, 6.45) is 8.26. The van der Waals surface area contributed by atoms with E-state index in [1.54, 1.807) is 0 Å². The Hall–Kier alpha value is -1.83. The number of carbonyl (C=O) groups is 1. The van der Waals surface area contributed by atoms with Crippen LogP contribution in [0.2, 0.25) is 0 Å². The molecule has 0 unspecified atom stereocenters. The summed E-state index contributed by atoms with van der Waals surface area (Å²) >= 11 is 0. The highest BCUT2D eigenvalue weighted by molar-refractivity contribution is 5.66. The molecule has 2 nitrogen and oxygen atoms in total. The minimum absolute atomic E-state index is 0.238. The molecule has 0 saturated carbocycles. The molecular weight excluding hydrogens is 212 g/mol. The molecular formula is C15H16O2. The van der Waals surface area contributed by atoms with Crippen molar-refractivity contribution in [3.8, 4) is 0 Å².